The summed E-state index contributed by atoms with van der Waals surface area (Å²) < 4.78 is 10.5. The van der Waals surface area contributed by atoms with E-state index in [0.717, 1.165) is 56.9 Å². The first kappa shape index (κ1) is 27.2. The molecule has 34 heavy (non-hydrogen) atoms. The number of rotatable bonds is 16. The number of allylic oxidation sites excluding steroid dienone is 1. The topological polar surface area (TPSA) is 78.4 Å². The molecule has 1 aromatic heterocycles. The van der Waals surface area contributed by atoms with E-state index in [1.807, 2.05) is 25.1 Å². The SMILES string of the molecule is C=CCCCCCCCC(=O)Oc1cnc(-c2ccc(CCCCC(C)OC(C)=O)cc2)nc1. The van der Waals surface area contributed by atoms with Crippen molar-refractivity contribution < 1.29 is 19.1 Å². The number of carbonyl (C=O) groups is 2. The lowest BCUT2D eigenvalue weighted by molar-refractivity contribution is -0.145. The summed E-state index contributed by atoms with van der Waals surface area (Å²) in [5.74, 6) is 0.506. The van der Waals surface area contributed by atoms with Crippen molar-refractivity contribution in [2.75, 3.05) is 0 Å². The van der Waals surface area contributed by atoms with Crippen LogP contribution in [-0.2, 0) is 20.7 Å². The van der Waals surface area contributed by atoms with Crippen LogP contribution in [0.2, 0.25) is 0 Å². The largest absolute Gasteiger partial charge is 0.463 e. The Kier molecular flexibility index (Phi) is 12.6. The maximum Gasteiger partial charge on any atom is 0.311 e. The van der Waals surface area contributed by atoms with Gasteiger partial charge in [0.1, 0.15) is 0 Å². The van der Waals surface area contributed by atoms with Gasteiger partial charge in [-0.2, -0.15) is 0 Å². The molecule has 0 amide bonds. The first-order valence-electron chi connectivity index (χ1n) is 12.4. The monoisotopic (exact) mass is 466 g/mol. The molecule has 0 saturated heterocycles. The first-order valence-corrected chi connectivity index (χ1v) is 12.4. The molecule has 0 spiro atoms. The molecule has 0 fully saturated rings. The Morgan fingerprint density at radius 3 is 2.32 bits per heavy atom. The summed E-state index contributed by atoms with van der Waals surface area (Å²) in [6.07, 6.45) is 15.7. The summed E-state index contributed by atoms with van der Waals surface area (Å²) >= 11 is 0. The molecule has 0 aliphatic carbocycles. The fraction of sp³-hybridized carbons (Fsp3) is 0.500. The molecule has 6 nitrogen and oxygen atoms in total. The molecular formula is C28H38N2O4. The zero-order chi connectivity index (χ0) is 24.6. The van der Waals surface area contributed by atoms with Gasteiger partial charge in [-0.3, -0.25) is 9.59 Å². The lowest BCUT2D eigenvalue weighted by Gasteiger charge is -2.11. The number of carbonyl (C=O) groups excluding carboxylic acids is 2. The van der Waals surface area contributed by atoms with Crippen molar-refractivity contribution in [3.8, 4) is 17.1 Å². The minimum Gasteiger partial charge on any atom is -0.463 e. The third-order valence-corrected chi connectivity index (χ3v) is 5.55. The van der Waals surface area contributed by atoms with E-state index in [2.05, 4.69) is 28.7 Å². The highest BCUT2D eigenvalue weighted by molar-refractivity contribution is 5.72. The van der Waals surface area contributed by atoms with Gasteiger partial charge < -0.3 is 9.47 Å². The van der Waals surface area contributed by atoms with Crippen LogP contribution in [0.25, 0.3) is 11.4 Å². The van der Waals surface area contributed by atoms with Crippen LogP contribution >= 0.6 is 0 Å². The third kappa shape index (κ3) is 11.2. The molecule has 0 radical (unpaired) electrons. The summed E-state index contributed by atoms with van der Waals surface area (Å²) in [5, 5.41) is 0. The van der Waals surface area contributed by atoms with Gasteiger partial charge in [0.25, 0.3) is 0 Å². The van der Waals surface area contributed by atoms with Crippen LogP contribution < -0.4 is 4.74 Å². The highest BCUT2D eigenvalue weighted by Gasteiger charge is 2.08. The highest BCUT2D eigenvalue weighted by atomic mass is 16.5. The Morgan fingerprint density at radius 1 is 0.971 bits per heavy atom. The summed E-state index contributed by atoms with van der Waals surface area (Å²) in [7, 11) is 0. The van der Waals surface area contributed by atoms with E-state index in [4.69, 9.17) is 9.47 Å². The number of aryl methyl sites for hydroxylation is 1. The molecule has 1 aromatic carbocycles. The number of aromatic nitrogens is 2. The molecule has 2 rings (SSSR count). The van der Waals surface area contributed by atoms with Gasteiger partial charge in [-0.25, -0.2) is 9.97 Å². The third-order valence-electron chi connectivity index (χ3n) is 5.55. The van der Waals surface area contributed by atoms with E-state index in [-0.39, 0.29) is 18.0 Å². The van der Waals surface area contributed by atoms with Crippen LogP contribution in [0.4, 0.5) is 0 Å². The van der Waals surface area contributed by atoms with E-state index in [1.54, 1.807) is 12.4 Å². The number of nitrogens with zero attached hydrogens (tertiary/aromatic N) is 2. The van der Waals surface area contributed by atoms with Crippen LogP contribution in [-0.4, -0.2) is 28.0 Å². The van der Waals surface area contributed by atoms with E-state index in [9.17, 15) is 9.59 Å². The Bertz CT molecular complexity index is 878. The lowest BCUT2D eigenvalue weighted by atomic mass is 10.0. The molecule has 2 aromatic rings. The molecule has 184 valence electrons. The summed E-state index contributed by atoms with van der Waals surface area (Å²) in [4.78, 5) is 31.7. The molecule has 0 aliphatic rings. The van der Waals surface area contributed by atoms with Crippen LogP contribution in [0.15, 0.2) is 49.3 Å². The smallest absolute Gasteiger partial charge is 0.311 e. The minimum absolute atomic E-state index is 0.0308. The second-order valence-corrected chi connectivity index (χ2v) is 8.67. The molecule has 0 saturated carbocycles. The average Bonchev–Trinajstić information content (AvgIpc) is 2.82. The number of hydrogen-bond acceptors (Lipinski definition) is 6. The maximum atomic E-state index is 12.0. The molecule has 1 heterocycles. The van der Waals surface area contributed by atoms with Crippen molar-refractivity contribution in [1.82, 2.24) is 9.97 Å². The number of esters is 2. The first-order chi connectivity index (χ1) is 16.5. The van der Waals surface area contributed by atoms with E-state index in [0.29, 0.717) is 18.0 Å². The van der Waals surface area contributed by atoms with E-state index < -0.39 is 0 Å². The van der Waals surface area contributed by atoms with Gasteiger partial charge in [-0.1, -0.05) is 49.6 Å². The van der Waals surface area contributed by atoms with Gasteiger partial charge in [0.2, 0.25) is 0 Å². The second kappa shape index (κ2) is 15.8. The average molecular weight is 467 g/mol. The van der Waals surface area contributed by atoms with Gasteiger partial charge in [-0.05, 0) is 57.4 Å². The number of hydrogen-bond donors (Lipinski definition) is 0. The van der Waals surface area contributed by atoms with Crippen molar-refractivity contribution in [3.63, 3.8) is 0 Å². The van der Waals surface area contributed by atoms with Crippen molar-refractivity contribution >= 4 is 11.9 Å². The minimum atomic E-state index is -0.242. The van der Waals surface area contributed by atoms with Crippen LogP contribution in [0, 0.1) is 0 Å². The molecule has 0 bridgehead atoms. The van der Waals surface area contributed by atoms with E-state index >= 15 is 0 Å². The van der Waals surface area contributed by atoms with Crippen LogP contribution in [0.5, 0.6) is 5.75 Å². The Hall–Kier alpha value is -3.02. The predicted octanol–water partition coefficient (Wildman–Crippen LogP) is 6.63. The van der Waals surface area contributed by atoms with Crippen molar-refractivity contribution in [3.05, 3.63) is 54.9 Å². The molecule has 0 aliphatic heterocycles. The standard InChI is InChI=1S/C28H38N2O4/c1-4-5-6-7-8-9-10-15-27(32)34-26-20-29-28(30-21-26)25-18-16-24(17-19-25)14-12-11-13-22(2)33-23(3)31/h4,16-22H,1,5-15H2,2-3H3. The molecule has 0 N–H and O–H groups in total. The fourth-order valence-corrected chi connectivity index (χ4v) is 3.71. The Morgan fingerprint density at radius 2 is 1.65 bits per heavy atom. The summed E-state index contributed by atoms with van der Waals surface area (Å²) in [6, 6.07) is 8.18. The summed E-state index contributed by atoms with van der Waals surface area (Å²) in [6.45, 7) is 7.09. The summed E-state index contributed by atoms with van der Waals surface area (Å²) in [5.41, 5.74) is 2.16. The zero-order valence-electron chi connectivity index (χ0n) is 20.6. The van der Waals surface area contributed by atoms with Crippen LogP contribution in [0.3, 0.4) is 0 Å². The number of benzene rings is 1. The van der Waals surface area contributed by atoms with Crippen LogP contribution in [0.1, 0.15) is 83.6 Å². The Balaban J connectivity index is 1.70. The zero-order valence-corrected chi connectivity index (χ0v) is 20.6. The van der Waals surface area contributed by atoms with Gasteiger partial charge in [0.15, 0.2) is 11.6 Å². The number of ether oxygens (including phenoxy) is 2. The van der Waals surface area contributed by atoms with Gasteiger partial charge in [-0.15, -0.1) is 6.58 Å². The maximum absolute atomic E-state index is 12.0. The highest BCUT2D eigenvalue weighted by Crippen LogP contribution is 2.19. The second-order valence-electron chi connectivity index (χ2n) is 8.67. The van der Waals surface area contributed by atoms with Crippen molar-refractivity contribution in [2.24, 2.45) is 0 Å². The van der Waals surface area contributed by atoms with E-state index in [1.165, 1.54) is 25.3 Å². The normalized spacial score (nSPS) is 11.6. The Labute approximate surface area is 203 Å². The van der Waals surface area contributed by atoms with Gasteiger partial charge in [0.05, 0.1) is 18.5 Å². The number of unbranched alkanes of at least 4 members (excludes halogenated alkanes) is 6. The van der Waals surface area contributed by atoms with Gasteiger partial charge >= 0.3 is 11.9 Å². The predicted molar refractivity (Wildman–Crippen MR) is 134 cm³/mol. The van der Waals surface area contributed by atoms with Gasteiger partial charge in [0, 0.05) is 18.9 Å². The van der Waals surface area contributed by atoms with Crippen molar-refractivity contribution in [2.45, 2.75) is 90.6 Å². The molecule has 1 atom stereocenters. The quantitative estimate of drug-likeness (QED) is 0.157. The molecular weight excluding hydrogens is 428 g/mol. The lowest BCUT2D eigenvalue weighted by Crippen LogP contribution is -2.11. The molecule has 1 unspecified atom stereocenters. The fourth-order valence-electron chi connectivity index (χ4n) is 3.71. The van der Waals surface area contributed by atoms with Crippen molar-refractivity contribution in [1.29, 1.82) is 0 Å². The molecule has 6 heteroatoms.